The first-order valence-corrected chi connectivity index (χ1v) is 7.61. The molecular weight excluding hydrogens is 294 g/mol. The molecule has 0 bridgehead atoms. The number of nitrogens with one attached hydrogen (secondary N) is 1. The van der Waals surface area contributed by atoms with Crippen LogP contribution in [0.4, 0.5) is 11.5 Å². The summed E-state index contributed by atoms with van der Waals surface area (Å²) in [5, 5.41) is 6.85. The maximum atomic E-state index is 13.0. The van der Waals surface area contributed by atoms with Gasteiger partial charge in [0.2, 0.25) is 5.91 Å². The van der Waals surface area contributed by atoms with Crippen LogP contribution in [0.5, 0.6) is 0 Å². The van der Waals surface area contributed by atoms with Gasteiger partial charge in [-0.15, -0.1) is 0 Å². The molecule has 3 rings (SSSR count). The summed E-state index contributed by atoms with van der Waals surface area (Å²) >= 11 is 0. The minimum absolute atomic E-state index is 0.0176. The molecular formula is C16H19N5O2. The Morgan fingerprint density at radius 2 is 2.26 bits per heavy atom. The number of hydrogen-bond acceptors (Lipinski definition) is 4. The van der Waals surface area contributed by atoms with Crippen molar-refractivity contribution in [2.24, 2.45) is 13.0 Å². The average Bonchev–Trinajstić information content (AvgIpc) is 2.98. The van der Waals surface area contributed by atoms with Crippen molar-refractivity contribution in [1.29, 1.82) is 0 Å². The molecule has 0 spiro atoms. The third-order valence-electron chi connectivity index (χ3n) is 4.19. The lowest BCUT2D eigenvalue weighted by Gasteiger charge is -2.38. The SMILES string of the molecule is CCC(C)C1C(=O)Nc2ncccc2N1C(=O)c1cnn(C)c1. The van der Waals surface area contributed by atoms with Gasteiger partial charge in [0.1, 0.15) is 6.04 Å². The molecule has 2 amide bonds. The molecule has 7 heteroatoms. The number of aromatic nitrogens is 3. The molecule has 7 nitrogen and oxygen atoms in total. The van der Waals surface area contributed by atoms with Crippen LogP contribution in [0.2, 0.25) is 0 Å². The zero-order valence-electron chi connectivity index (χ0n) is 13.4. The van der Waals surface area contributed by atoms with Crippen molar-refractivity contribution >= 4 is 23.3 Å². The van der Waals surface area contributed by atoms with Crippen molar-refractivity contribution < 1.29 is 9.59 Å². The van der Waals surface area contributed by atoms with E-state index in [0.717, 1.165) is 6.42 Å². The second-order valence-electron chi connectivity index (χ2n) is 5.77. The second-order valence-corrected chi connectivity index (χ2v) is 5.77. The van der Waals surface area contributed by atoms with Gasteiger partial charge < -0.3 is 5.32 Å². The summed E-state index contributed by atoms with van der Waals surface area (Å²) in [6.45, 7) is 3.97. The average molecular weight is 313 g/mol. The molecule has 0 radical (unpaired) electrons. The standard InChI is InChI=1S/C16H19N5O2/c1-4-10(2)13-15(22)19-14-12(6-5-7-17-14)21(13)16(23)11-8-18-20(3)9-11/h5-10,13H,4H2,1-3H3,(H,17,19,22). The number of anilines is 2. The van der Waals surface area contributed by atoms with Gasteiger partial charge in [-0.25, -0.2) is 4.98 Å². The Bertz CT molecular complexity index is 754. The first-order chi connectivity index (χ1) is 11.0. The van der Waals surface area contributed by atoms with E-state index in [-0.39, 0.29) is 17.7 Å². The lowest BCUT2D eigenvalue weighted by molar-refractivity contribution is -0.118. The highest BCUT2D eigenvalue weighted by Crippen LogP contribution is 2.34. The monoisotopic (exact) mass is 313 g/mol. The van der Waals surface area contributed by atoms with E-state index < -0.39 is 6.04 Å². The summed E-state index contributed by atoms with van der Waals surface area (Å²) in [6.07, 6.45) is 5.54. The van der Waals surface area contributed by atoms with Crippen LogP contribution in [-0.2, 0) is 11.8 Å². The third-order valence-corrected chi connectivity index (χ3v) is 4.19. The minimum Gasteiger partial charge on any atom is -0.307 e. The van der Waals surface area contributed by atoms with Crippen LogP contribution in [0.3, 0.4) is 0 Å². The Hall–Kier alpha value is -2.70. The first-order valence-electron chi connectivity index (χ1n) is 7.61. The molecule has 0 saturated heterocycles. The fraction of sp³-hybridized carbons (Fsp3) is 0.375. The van der Waals surface area contributed by atoms with Gasteiger partial charge in [0.25, 0.3) is 5.91 Å². The smallest absolute Gasteiger partial charge is 0.262 e. The van der Waals surface area contributed by atoms with Crippen molar-refractivity contribution in [3.05, 3.63) is 36.3 Å². The van der Waals surface area contributed by atoms with E-state index in [4.69, 9.17) is 0 Å². The normalized spacial score (nSPS) is 18.3. The molecule has 0 aliphatic carbocycles. The number of carbonyl (C=O) groups excluding carboxylic acids is 2. The molecule has 1 N–H and O–H groups in total. The predicted octanol–water partition coefficient (Wildman–Crippen LogP) is 1.83. The molecule has 23 heavy (non-hydrogen) atoms. The minimum atomic E-state index is -0.565. The molecule has 0 fully saturated rings. The van der Waals surface area contributed by atoms with E-state index in [0.29, 0.717) is 17.1 Å². The van der Waals surface area contributed by atoms with Gasteiger partial charge in [-0.3, -0.25) is 19.2 Å². The molecule has 0 saturated carbocycles. The number of rotatable bonds is 3. The number of aryl methyl sites for hydroxylation is 1. The van der Waals surface area contributed by atoms with Crippen molar-refractivity contribution in [2.45, 2.75) is 26.3 Å². The molecule has 2 atom stereocenters. The maximum absolute atomic E-state index is 13.0. The van der Waals surface area contributed by atoms with Gasteiger partial charge >= 0.3 is 0 Å². The second kappa shape index (κ2) is 5.83. The van der Waals surface area contributed by atoms with E-state index in [9.17, 15) is 9.59 Å². The Morgan fingerprint density at radius 1 is 1.48 bits per heavy atom. The summed E-state index contributed by atoms with van der Waals surface area (Å²) in [6, 6.07) is 2.99. The predicted molar refractivity (Wildman–Crippen MR) is 86.1 cm³/mol. The lowest BCUT2D eigenvalue weighted by Crippen LogP contribution is -2.54. The molecule has 0 aromatic carbocycles. The largest absolute Gasteiger partial charge is 0.307 e. The number of fused-ring (bicyclic) bond motifs is 1. The summed E-state index contributed by atoms with van der Waals surface area (Å²) in [4.78, 5) is 31.3. The Balaban J connectivity index is 2.10. The van der Waals surface area contributed by atoms with Gasteiger partial charge in [-0.05, 0) is 18.1 Å². The summed E-state index contributed by atoms with van der Waals surface area (Å²) in [5.41, 5.74) is 1.07. The van der Waals surface area contributed by atoms with Gasteiger partial charge in [-0.2, -0.15) is 5.10 Å². The van der Waals surface area contributed by atoms with E-state index in [1.165, 1.54) is 6.20 Å². The van der Waals surface area contributed by atoms with Crippen LogP contribution in [0.1, 0.15) is 30.6 Å². The van der Waals surface area contributed by atoms with Crippen molar-refractivity contribution in [1.82, 2.24) is 14.8 Å². The molecule has 120 valence electrons. The fourth-order valence-corrected chi connectivity index (χ4v) is 2.79. The van der Waals surface area contributed by atoms with Crippen LogP contribution in [-0.4, -0.2) is 32.6 Å². The van der Waals surface area contributed by atoms with Crippen molar-refractivity contribution in [3.8, 4) is 0 Å². The Morgan fingerprint density at radius 3 is 2.91 bits per heavy atom. The molecule has 3 heterocycles. The topological polar surface area (TPSA) is 80.1 Å². The Kier molecular flexibility index (Phi) is 3.85. The highest BCUT2D eigenvalue weighted by molar-refractivity contribution is 6.16. The third kappa shape index (κ3) is 2.58. The first kappa shape index (κ1) is 15.2. The van der Waals surface area contributed by atoms with Gasteiger partial charge in [0, 0.05) is 19.4 Å². The zero-order valence-corrected chi connectivity index (χ0v) is 13.4. The van der Waals surface area contributed by atoms with Crippen LogP contribution < -0.4 is 10.2 Å². The van der Waals surface area contributed by atoms with Gasteiger partial charge in [0.05, 0.1) is 17.4 Å². The Labute approximate surface area is 134 Å². The molecule has 1 aliphatic rings. The molecule has 1 aliphatic heterocycles. The molecule has 2 aromatic heterocycles. The van der Waals surface area contributed by atoms with Crippen LogP contribution in [0.25, 0.3) is 0 Å². The van der Waals surface area contributed by atoms with E-state index in [1.54, 1.807) is 41.2 Å². The lowest BCUT2D eigenvalue weighted by atomic mass is 9.94. The van der Waals surface area contributed by atoms with Crippen LogP contribution in [0, 0.1) is 5.92 Å². The summed E-state index contributed by atoms with van der Waals surface area (Å²) in [5.74, 6) is -0.0199. The van der Waals surface area contributed by atoms with E-state index >= 15 is 0 Å². The highest BCUT2D eigenvalue weighted by atomic mass is 16.2. The fourth-order valence-electron chi connectivity index (χ4n) is 2.79. The summed E-state index contributed by atoms with van der Waals surface area (Å²) in [7, 11) is 1.75. The highest BCUT2D eigenvalue weighted by Gasteiger charge is 2.40. The number of amides is 2. The molecule has 2 aromatic rings. The van der Waals surface area contributed by atoms with Gasteiger partial charge in [-0.1, -0.05) is 20.3 Å². The van der Waals surface area contributed by atoms with Crippen molar-refractivity contribution in [2.75, 3.05) is 10.2 Å². The molecule has 2 unspecified atom stereocenters. The number of nitrogens with zero attached hydrogens (tertiary/aromatic N) is 4. The quantitative estimate of drug-likeness (QED) is 0.937. The van der Waals surface area contributed by atoms with Gasteiger partial charge in [0.15, 0.2) is 5.82 Å². The van der Waals surface area contributed by atoms with E-state index in [2.05, 4.69) is 15.4 Å². The van der Waals surface area contributed by atoms with Crippen LogP contribution >= 0.6 is 0 Å². The van der Waals surface area contributed by atoms with Crippen molar-refractivity contribution in [3.63, 3.8) is 0 Å². The van der Waals surface area contributed by atoms with E-state index in [1.807, 2.05) is 13.8 Å². The summed E-state index contributed by atoms with van der Waals surface area (Å²) < 4.78 is 1.57. The maximum Gasteiger partial charge on any atom is 0.262 e. The number of hydrogen-bond donors (Lipinski definition) is 1. The zero-order chi connectivity index (χ0) is 16.6. The number of carbonyl (C=O) groups is 2. The van der Waals surface area contributed by atoms with Crippen LogP contribution in [0.15, 0.2) is 30.7 Å². The number of pyridine rings is 1.